The molecule has 3 amide bonds. The summed E-state index contributed by atoms with van der Waals surface area (Å²) in [4.78, 5) is 46.5. The number of hydrogen-bond acceptors (Lipinski definition) is 5. The number of carbonyl (C=O) groups excluding carboxylic acids is 3. The van der Waals surface area contributed by atoms with Crippen molar-refractivity contribution in [1.82, 2.24) is 9.80 Å². The highest BCUT2D eigenvalue weighted by molar-refractivity contribution is 6.02. The number of benzene rings is 2. The maximum absolute atomic E-state index is 12.5. The number of nitrogens with two attached hydrogens (primary N) is 1. The van der Waals surface area contributed by atoms with Crippen LogP contribution in [0.5, 0.6) is 0 Å². The first-order chi connectivity index (χ1) is 16.7. The average molecular weight is 477 g/mol. The minimum Gasteiger partial charge on any atom is -0.399 e. The molecule has 0 aliphatic carbocycles. The molecule has 0 radical (unpaired) electrons. The van der Waals surface area contributed by atoms with Gasteiger partial charge in [0.25, 0.3) is 5.91 Å². The molecule has 9 nitrogen and oxygen atoms in total. The van der Waals surface area contributed by atoms with Crippen molar-refractivity contribution in [2.24, 2.45) is 4.99 Å². The van der Waals surface area contributed by atoms with Crippen molar-refractivity contribution < 1.29 is 14.4 Å². The number of anilines is 3. The Morgan fingerprint density at radius 3 is 2.46 bits per heavy atom. The third kappa shape index (κ3) is 6.06. The molecule has 9 heteroatoms. The van der Waals surface area contributed by atoms with Crippen molar-refractivity contribution in [3.05, 3.63) is 66.4 Å². The topological polar surface area (TPSA) is 103 Å². The van der Waals surface area contributed by atoms with Crippen LogP contribution in [-0.4, -0.2) is 68.1 Å². The maximum Gasteiger partial charge on any atom is 0.255 e. The van der Waals surface area contributed by atoms with Crippen LogP contribution in [0.3, 0.4) is 0 Å². The van der Waals surface area contributed by atoms with Gasteiger partial charge in [-0.05, 0) is 48.4 Å². The summed E-state index contributed by atoms with van der Waals surface area (Å²) in [6, 6.07) is 13.1. The van der Waals surface area contributed by atoms with Crippen LogP contribution in [0.15, 0.2) is 60.2 Å². The molecule has 2 aromatic rings. The number of rotatable bonds is 6. The zero-order valence-electron chi connectivity index (χ0n) is 20.5. The van der Waals surface area contributed by atoms with Crippen molar-refractivity contribution in [3.8, 4) is 0 Å². The van der Waals surface area contributed by atoms with Gasteiger partial charge in [0.15, 0.2) is 0 Å². The molecule has 4 rings (SSSR count). The molecule has 2 aliphatic rings. The van der Waals surface area contributed by atoms with E-state index in [1.54, 1.807) is 49.5 Å². The summed E-state index contributed by atoms with van der Waals surface area (Å²) in [5, 5.41) is 0. The van der Waals surface area contributed by atoms with Gasteiger partial charge in [0.05, 0.1) is 6.34 Å². The normalized spacial score (nSPS) is 14.6. The Balaban J connectivity index is 0.000000225. The second kappa shape index (κ2) is 11.3. The number of hydrogen-bond donors (Lipinski definition) is 1. The van der Waals surface area contributed by atoms with Gasteiger partial charge in [-0.25, -0.2) is 0 Å². The maximum atomic E-state index is 12.5. The van der Waals surface area contributed by atoms with Crippen LogP contribution in [-0.2, 0) is 16.1 Å². The van der Waals surface area contributed by atoms with E-state index in [0.29, 0.717) is 25.1 Å². The number of aliphatic imine (C=N–C) groups is 1. The Bertz CT molecular complexity index is 1130. The zero-order chi connectivity index (χ0) is 25.5. The van der Waals surface area contributed by atoms with Gasteiger partial charge < -0.3 is 25.3 Å². The molecule has 1 fully saturated rings. The van der Waals surface area contributed by atoms with Gasteiger partial charge in [-0.2, -0.15) is 0 Å². The summed E-state index contributed by atoms with van der Waals surface area (Å²) in [5.74, 6) is -0.139. The van der Waals surface area contributed by atoms with Gasteiger partial charge >= 0.3 is 0 Å². The number of likely N-dealkylation sites (N-methyl/N-ethyl adjacent to an activating group) is 1. The molecule has 0 bridgehead atoms. The van der Waals surface area contributed by atoms with E-state index in [9.17, 15) is 14.4 Å². The van der Waals surface area contributed by atoms with Crippen molar-refractivity contribution >= 4 is 41.1 Å². The average Bonchev–Trinajstić information content (AvgIpc) is 3.41. The highest BCUT2D eigenvalue weighted by atomic mass is 16.2. The van der Waals surface area contributed by atoms with Crippen LogP contribution in [0.1, 0.15) is 28.8 Å². The van der Waals surface area contributed by atoms with E-state index in [2.05, 4.69) is 11.6 Å². The molecular formula is C26H32N6O3. The summed E-state index contributed by atoms with van der Waals surface area (Å²) >= 11 is 0. The predicted molar refractivity (Wildman–Crippen MR) is 139 cm³/mol. The summed E-state index contributed by atoms with van der Waals surface area (Å²) < 4.78 is 0. The van der Waals surface area contributed by atoms with Crippen LogP contribution < -0.4 is 15.5 Å². The number of carbonyl (C=O) groups is 3. The van der Waals surface area contributed by atoms with E-state index in [1.807, 2.05) is 41.3 Å². The summed E-state index contributed by atoms with van der Waals surface area (Å²) in [6.07, 6.45) is 4.80. The standard InChI is InChI=1S/C16H19N3O3.C10H13N3/c1-17(2)15(21)10-18-9-11-5-6-12(8-13(11)16(18)22)19-7-3-4-14(19)20;1-3-13(8-12-2)10-6-4-9(11)5-7-10/h5-6,8H,3-4,7,9-10H2,1-2H3;3-8H,1,11H2,2H3. The molecule has 184 valence electrons. The molecule has 2 heterocycles. The monoisotopic (exact) mass is 476 g/mol. The van der Waals surface area contributed by atoms with Gasteiger partial charge in [-0.15, -0.1) is 0 Å². The molecular weight excluding hydrogens is 444 g/mol. The SMILES string of the molecule is C=CN(C=NC)c1ccc(N)cc1.CN(C)C(=O)CN1Cc2ccc(N3CCCC3=O)cc2C1=O. The lowest BCUT2D eigenvalue weighted by atomic mass is 10.1. The Kier molecular flexibility index (Phi) is 8.25. The Labute approximate surface area is 206 Å². The van der Waals surface area contributed by atoms with E-state index < -0.39 is 0 Å². The Morgan fingerprint density at radius 2 is 1.89 bits per heavy atom. The molecule has 0 aromatic heterocycles. The minimum absolute atomic E-state index is 0.0818. The Morgan fingerprint density at radius 1 is 1.17 bits per heavy atom. The smallest absolute Gasteiger partial charge is 0.255 e. The molecule has 0 atom stereocenters. The third-order valence-electron chi connectivity index (χ3n) is 5.81. The fraction of sp³-hybridized carbons (Fsp3) is 0.308. The number of amides is 3. The highest BCUT2D eigenvalue weighted by Gasteiger charge is 2.31. The lowest BCUT2D eigenvalue weighted by Crippen LogP contribution is -2.36. The fourth-order valence-electron chi connectivity index (χ4n) is 3.86. The Hall–Kier alpha value is -4.14. The lowest BCUT2D eigenvalue weighted by molar-refractivity contribution is -0.129. The van der Waals surface area contributed by atoms with Gasteiger partial charge in [-0.3, -0.25) is 19.4 Å². The highest BCUT2D eigenvalue weighted by Crippen LogP contribution is 2.29. The van der Waals surface area contributed by atoms with Crippen molar-refractivity contribution in [2.45, 2.75) is 19.4 Å². The van der Waals surface area contributed by atoms with Crippen molar-refractivity contribution in [3.63, 3.8) is 0 Å². The summed E-state index contributed by atoms with van der Waals surface area (Å²) in [5.41, 5.74) is 9.59. The predicted octanol–water partition coefficient (Wildman–Crippen LogP) is 2.73. The van der Waals surface area contributed by atoms with Crippen LogP contribution in [0.25, 0.3) is 0 Å². The van der Waals surface area contributed by atoms with Gasteiger partial charge in [0.2, 0.25) is 11.8 Å². The summed E-state index contributed by atoms with van der Waals surface area (Å²) in [7, 11) is 5.06. The molecule has 1 saturated heterocycles. The molecule has 0 unspecified atom stereocenters. The minimum atomic E-state index is -0.140. The van der Waals surface area contributed by atoms with Gasteiger partial charge in [0.1, 0.15) is 6.54 Å². The molecule has 0 saturated carbocycles. The quantitative estimate of drug-likeness (QED) is 0.392. The van der Waals surface area contributed by atoms with E-state index >= 15 is 0 Å². The first-order valence-electron chi connectivity index (χ1n) is 11.4. The zero-order valence-corrected chi connectivity index (χ0v) is 20.5. The fourth-order valence-corrected chi connectivity index (χ4v) is 3.86. The molecule has 0 spiro atoms. The van der Waals surface area contributed by atoms with Crippen LogP contribution >= 0.6 is 0 Å². The van der Waals surface area contributed by atoms with Crippen LogP contribution in [0.4, 0.5) is 17.1 Å². The van der Waals surface area contributed by atoms with E-state index in [0.717, 1.165) is 29.0 Å². The number of fused-ring (bicyclic) bond motifs is 1. The van der Waals surface area contributed by atoms with Crippen LogP contribution in [0.2, 0.25) is 0 Å². The molecule has 35 heavy (non-hydrogen) atoms. The van der Waals surface area contributed by atoms with Gasteiger partial charge in [0, 0.05) is 69.5 Å². The first-order valence-corrected chi connectivity index (χ1v) is 11.4. The molecule has 2 aromatic carbocycles. The van der Waals surface area contributed by atoms with Crippen molar-refractivity contribution in [2.75, 3.05) is 49.8 Å². The third-order valence-corrected chi connectivity index (χ3v) is 5.81. The second-order valence-electron chi connectivity index (χ2n) is 8.49. The molecule has 2 N–H and O–H groups in total. The van der Waals surface area contributed by atoms with Crippen LogP contribution in [0, 0.1) is 0 Å². The van der Waals surface area contributed by atoms with Gasteiger partial charge in [-0.1, -0.05) is 12.6 Å². The second-order valence-corrected chi connectivity index (χ2v) is 8.49. The lowest BCUT2D eigenvalue weighted by Gasteiger charge is -2.18. The largest absolute Gasteiger partial charge is 0.399 e. The van der Waals surface area contributed by atoms with E-state index in [4.69, 9.17) is 5.73 Å². The summed E-state index contributed by atoms with van der Waals surface area (Å²) in [6.45, 7) is 4.91. The van der Waals surface area contributed by atoms with E-state index in [1.165, 1.54) is 4.90 Å². The van der Waals surface area contributed by atoms with Crippen molar-refractivity contribution in [1.29, 1.82) is 0 Å². The molecule has 2 aliphatic heterocycles. The first kappa shape index (κ1) is 25.5. The number of nitrogens with zero attached hydrogens (tertiary/aromatic N) is 5. The van der Waals surface area contributed by atoms with E-state index in [-0.39, 0.29) is 24.3 Å². The number of nitrogen functional groups attached to an aromatic ring is 1.